The van der Waals surface area contributed by atoms with Gasteiger partial charge in [-0.3, -0.25) is 9.59 Å². The number of esters is 1. The fourth-order valence-electron chi connectivity index (χ4n) is 2.81. The van der Waals surface area contributed by atoms with Crippen molar-refractivity contribution in [1.82, 2.24) is 14.7 Å². The normalized spacial score (nSPS) is 13.7. The van der Waals surface area contributed by atoms with Crippen molar-refractivity contribution < 1.29 is 23.9 Å². The molecule has 9 nitrogen and oxygen atoms in total. The Kier molecular flexibility index (Phi) is 7.86. The summed E-state index contributed by atoms with van der Waals surface area (Å²) in [5.41, 5.74) is 1.62. The van der Waals surface area contributed by atoms with Crippen LogP contribution in [0.4, 0.5) is 5.69 Å². The number of carbonyl (C=O) groups is 3. The zero-order valence-electron chi connectivity index (χ0n) is 16.7. The van der Waals surface area contributed by atoms with Gasteiger partial charge in [0, 0.05) is 25.0 Å². The molecule has 3 rings (SSSR count). The summed E-state index contributed by atoms with van der Waals surface area (Å²) < 4.78 is 11.7. The SMILES string of the molecule is CCOC(=O)c1ccn(-c2ccc(NC(=O)CSCC(=O)N3CCOCC3)cc2)n1. The second-order valence-corrected chi connectivity index (χ2v) is 7.43. The standard InChI is InChI=1S/C20H24N4O5S/c1-2-29-20(27)17-7-8-24(22-17)16-5-3-15(4-6-16)21-18(25)13-30-14-19(26)23-9-11-28-12-10-23/h3-8H,2,9-14H2,1H3,(H,21,25). The monoisotopic (exact) mass is 432 g/mol. The van der Waals surface area contributed by atoms with E-state index in [2.05, 4.69) is 10.4 Å². The van der Waals surface area contributed by atoms with E-state index in [9.17, 15) is 14.4 Å². The molecule has 160 valence electrons. The summed E-state index contributed by atoms with van der Waals surface area (Å²) in [6.07, 6.45) is 1.67. The number of morpholine rings is 1. The maximum Gasteiger partial charge on any atom is 0.358 e. The molecule has 2 amide bonds. The molecule has 1 aliphatic heterocycles. The molecule has 2 aromatic rings. The number of amides is 2. The lowest BCUT2D eigenvalue weighted by Gasteiger charge is -2.26. The molecule has 1 aromatic carbocycles. The second kappa shape index (κ2) is 10.8. The highest BCUT2D eigenvalue weighted by molar-refractivity contribution is 8.00. The number of hydrogen-bond donors (Lipinski definition) is 1. The van der Waals surface area contributed by atoms with E-state index in [4.69, 9.17) is 9.47 Å². The van der Waals surface area contributed by atoms with E-state index in [0.29, 0.717) is 38.6 Å². The first-order chi connectivity index (χ1) is 14.6. The molecule has 1 N–H and O–H groups in total. The van der Waals surface area contributed by atoms with Crippen molar-refractivity contribution in [3.05, 3.63) is 42.2 Å². The predicted octanol–water partition coefficient (Wildman–Crippen LogP) is 1.58. The molecule has 0 atom stereocenters. The maximum atomic E-state index is 12.1. The lowest BCUT2D eigenvalue weighted by molar-refractivity contribution is -0.132. The molecule has 0 bridgehead atoms. The Morgan fingerprint density at radius 3 is 2.57 bits per heavy atom. The summed E-state index contributed by atoms with van der Waals surface area (Å²) in [6.45, 7) is 4.37. The second-order valence-electron chi connectivity index (χ2n) is 6.45. The Morgan fingerprint density at radius 1 is 1.13 bits per heavy atom. The van der Waals surface area contributed by atoms with Crippen LogP contribution in [0.15, 0.2) is 36.5 Å². The van der Waals surface area contributed by atoms with Crippen LogP contribution in [0, 0.1) is 0 Å². The number of nitrogens with one attached hydrogen (secondary N) is 1. The zero-order chi connectivity index (χ0) is 21.3. The van der Waals surface area contributed by atoms with E-state index in [-0.39, 0.29) is 29.0 Å². The largest absolute Gasteiger partial charge is 0.461 e. The number of aromatic nitrogens is 2. The lowest BCUT2D eigenvalue weighted by Crippen LogP contribution is -2.41. The van der Waals surface area contributed by atoms with Crippen molar-refractivity contribution in [3.8, 4) is 5.69 Å². The summed E-state index contributed by atoms with van der Waals surface area (Å²) in [5, 5.41) is 7.00. The molecule has 2 heterocycles. The molecule has 0 unspecified atom stereocenters. The van der Waals surface area contributed by atoms with Gasteiger partial charge in [0.15, 0.2) is 5.69 Å². The predicted molar refractivity (Wildman–Crippen MR) is 113 cm³/mol. The molecular formula is C20H24N4O5S. The fraction of sp³-hybridized carbons (Fsp3) is 0.400. The minimum atomic E-state index is -0.468. The van der Waals surface area contributed by atoms with Gasteiger partial charge in [-0.15, -0.1) is 11.8 Å². The van der Waals surface area contributed by atoms with Crippen molar-refractivity contribution in [3.63, 3.8) is 0 Å². The van der Waals surface area contributed by atoms with Gasteiger partial charge in [0.1, 0.15) is 0 Å². The highest BCUT2D eigenvalue weighted by Gasteiger charge is 2.17. The maximum absolute atomic E-state index is 12.1. The van der Waals surface area contributed by atoms with Crippen molar-refractivity contribution in [2.45, 2.75) is 6.92 Å². The van der Waals surface area contributed by atoms with Crippen molar-refractivity contribution >= 4 is 35.2 Å². The number of hydrogen-bond acceptors (Lipinski definition) is 7. The van der Waals surface area contributed by atoms with Crippen LogP contribution in [-0.2, 0) is 19.1 Å². The lowest BCUT2D eigenvalue weighted by atomic mass is 10.3. The molecule has 10 heteroatoms. The molecule has 1 fully saturated rings. The summed E-state index contributed by atoms with van der Waals surface area (Å²) >= 11 is 1.29. The topological polar surface area (TPSA) is 103 Å². The van der Waals surface area contributed by atoms with Crippen LogP contribution in [0.1, 0.15) is 17.4 Å². The summed E-state index contributed by atoms with van der Waals surface area (Å²) in [7, 11) is 0. The van der Waals surface area contributed by atoms with E-state index in [0.717, 1.165) is 5.69 Å². The first-order valence-corrected chi connectivity index (χ1v) is 10.8. The summed E-state index contributed by atoms with van der Waals surface area (Å²) in [6, 6.07) is 8.66. The summed E-state index contributed by atoms with van der Waals surface area (Å²) in [4.78, 5) is 37.7. The van der Waals surface area contributed by atoms with Gasteiger partial charge in [0.05, 0.1) is 37.0 Å². The Labute approximate surface area is 178 Å². The van der Waals surface area contributed by atoms with Crippen molar-refractivity contribution in [2.24, 2.45) is 0 Å². The first-order valence-electron chi connectivity index (χ1n) is 9.63. The van der Waals surface area contributed by atoms with Gasteiger partial charge in [0.25, 0.3) is 0 Å². The molecule has 0 saturated carbocycles. The molecule has 0 spiro atoms. The third-order valence-corrected chi connectivity index (χ3v) is 5.23. The summed E-state index contributed by atoms with van der Waals surface area (Å²) in [5.74, 6) is -0.147. The Balaban J connectivity index is 1.45. The highest BCUT2D eigenvalue weighted by atomic mass is 32.2. The molecule has 0 aliphatic carbocycles. The first kappa shape index (κ1) is 21.8. The molecule has 30 heavy (non-hydrogen) atoms. The van der Waals surface area contributed by atoms with Gasteiger partial charge < -0.3 is 19.7 Å². The van der Waals surface area contributed by atoms with Crippen LogP contribution in [0.25, 0.3) is 5.69 Å². The minimum Gasteiger partial charge on any atom is -0.461 e. The number of thioether (sulfide) groups is 1. The van der Waals surface area contributed by atoms with Crippen LogP contribution in [-0.4, -0.2) is 76.9 Å². The number of ether oxygens (including phenoxy) is 2. The minimum absolute atomic E-state index is 0.0295. The van der Waals surface area contributed by atoms with Gasteiger partial charge in [0.2, 0.25) is 11.8 Å². The van der Waals surface area contributed by atoms with Crippen LogP contribution in [0.3, 0.4) is 0 Å². The molecular weight excluding hydrogens is 408 g/mol. The van der Waals surface area contributed by atoms with Gasteiger partial charge >= 0.3 is 5.97 Å². The zero-order valence-corrected chi connectivity index (χ0v) is 17.5. The van der Waals surface area contributed by atoms with E-state index in [1.165, 1.54) is 11.8 Å². The van der Waals surface area contributed by atoms with Crippen LogP contribution >= 0.6 is 11.8 Å². The number of rotatable bonds is 8. The van der Waals surface area contributed by atoms with E-state index >= 15 is 0 Å². The average Bonchev–Trinajstić information content (AvgIpc) is 3.25. The Morgan fingerprint density at radius 2 is 1.87 bits per heavy atom. The van der Waals surface area contributed by atoms with Gasteiger partial charge in [-0.25, -0.2) is 9.48 Å². The number of carbonyl (C=O) groups excluding carboxylic acids is 3. The number of nitrogens with zero attached hydrogens (tertiary/aromatic N) is 3. The number of benzene rings is 1. The van der Waals surface area contributed by atoms with Crippen molar-refractivity contribution in [1.29, 1.82) is 0 Å². The fourth-order valence-corrected chi connectivity index (χ4v) is 3.53. The number of anilines is 1. The molecule has 1 saturated heterocycles. The third-order valence-electron chi connectivity index (χ3n) is 4.31. The van der Waals surface area contributed by atoms with Crippen LogP contribution < -0.4 is 5.32 Å². The van der Waals surface area contributed by atoms with Gasteiger partial charge in [-0.1, -0.05) is 0 Å². The highest BCUT2D eigenvalue weighted by Crippen LogP contribution is 2.14. The smallest absolute Gasteiger partial charge is 0.358 e. The van der Waals surface area contributed by atoms with Gasteiger partial charge in [-0.05, 0) is 37.3 Å². The quantitative estimate of drug-likeness (QED) is 0.632. The Hall–Kier alpha value is -2.85. The van der Waals surface area contributed by atoms with Gasteiger partial charge in [-0.2, -0.15) is 5.10 Å². The van der Waals surface area contributed by atoms with E-state index < -0.39 is 5.97 Å². The molecule has 0 radical (unpaired) electrons. The average molecular weight is 433 g/mol. The third kappa shape index (κ3) is 6.07. The van der Waals surface area contributed by atoms with Crippen molar-refractivity contribution in [2.75, 3.05) is 49.7 Å². The van der Waals surface area contributed by atoms with Crippen LogP contribution in [0.2, 0.25) is 0 Å². The molecule has 1 aromatic heterocycles. The van der Waals surface area contributed by atoms with E-state index in [1.54, 1.807) is 53.0 Å². The van der Waals surface area contributed by atoms with E-state index in [1.807, 2.05) is 0 Å². The Bertz CT molecular complexity index is 878. The molecule has 1 aliphatic rings. The van der Waals surface area contributed by atoms with Crippen LogP contribution in [0.5, 0.6) is 0 Å².